The van der Waals surface area contributed by atoms with E-state index in [0.29, 0.717) is 11.4 Å². The number of ketones is 1. The number of pyridine rings is 1. The van der Waals surface area contributed by atoms with Gasteiger partial charge < -0.3 is 10.1 Å². The normalized spacial score (nSPS) is 11.4. The van der Waals surface area contributed by atoms with E-state index < -0.39 is 17.6 Å². The average Bonchev–Trinajstić information content (AvgIpc) is 2.64. The fourth-order valence-electron chi connectivity index (χ4n) is 2.81. The third-order valence-electron chi connectivity index (χ3n) is 4.31. The van der Waals surface area contributed by atoms with Crippen LogP contribution >= 0.6 is 0 Å². The average molecular weight is 408 g/mol. The van der Waals surface area contributed by atoms with Crippen LogP contribution in [0.4, 0.5) is 13.2 Å². The quantitative estimate of drug-likeness (QED) is 0.749. The Morgan fingerprint density at radius 3 is 2.48 bits per heavy atom. The lowest BCUT2D eigenvalue weighted by Crippen LogP contribution is -2.24. The number of hydrogen-bond donors (Lipinski definition) is 1. The molecule has 1 aromatic carbocycles. The van der Waals surface area contributed by atoms with Crippen LogP contribution in [0.3, 0.4) is 0 Å². The molecule has 1 aromatic heterocycles. The third kappa shape index (κ3) is 5.79. The summed E-state index contributed by atoms with van der Waals surface area (Å²) in [5, 5.41) is 2.60. The number of nitrogens with one attached hydrogen (secondary N) is 1. The standard InChI is InChI=1S/C21H23F3N2O3/c1-12(2)18(27)10-16-9-15(8-13(3)26-16)20(28)25-11-14-6-5-7-17(19(14)29-4)21(22,23)24/h5-9,12H,10-11H2,1-4H3,(H,25,28). The van der Waals surface area contributed by atoms with Gasteiger partial charge in [-0.1, -0.05) is 26.0 Å². The fraction of sp³-hybridized carbons (Fsp3) is 0.381. The number of aromatic nitrogens is 1. The first-order chi connectivity index (χ1) is 13.5. The topological polar surface area (TPSA) is 68.3 Å². The van der Waals surface area contributed by atoms with E-state index in [1.165, 1.54) is 18.2 Å². The molecule has 2 aromatic rings. The van der Waals surface area contributed by atoms with Crippen LogP contribution in [0.25, 0.3) is 0 Å². The van der Waals surface area contributed by atoms with Gasteiger partial charge in [0.15, 0.2) is 0 Å². The SMILES string of the molecule is COc1c(CNC(=O)c2cc(C)nc(CC(=O)C(C)C)c2)cccc1C(F)(F)F. The molecule has 0 aliphatic heterocycles. The first-order valence-corrected chi connectivity index (χ1v) is 9.04. The maximum atomic E-state index is 13.1. The highest BCUT2D eigenvalue weighted by molar-refractivity contribution is 5.94. The van der Waals surface area contributed by atoms with Crippen LogP contribution in [0.2, 0.25) is 0 Å². The monoisotopic (exact) mass is 408 g/mol. The number of methoxy groups -OCH3 is 1. The molecule has 0 fully saturated rings. The fourth-order valence-corrected chi connectivity index (χ4v) is 2.81. The molecular formula is C21H23F3N2O3. The van der Waals surface area contributed by atoms with Gasteiger partial charge in [-0.25, -0.2) is 0 Å². The minimum atomic E-state index is -4.56. The van der Waals surface area contributed by atoms with Crippen molar-refractivity contribution in [1.82, 2.24) is 10.3 Å². The second-order valence-corrected chi connectivity index (χ2v) is 6.96. The zero-order valence-electron chi connectivity index (χ0n) is 16.7. The zero-order valence-corrected chi connectivity index (χ0v) is 16.7. The van der Waals surface area contributed by atoms with E-state index in [4.69, 9.17) is 4.74 Å². The highest BCUT2D eigenvalue weighted by Crippen LogP contribution is 2.38. The van der Waals surface area contributed by atoms with Crippen LogP contribution in [0.15, 0.2) is 30.3 Å². The summed E-state index contributed by atoms with van der Waals surface area (Å²) in [6, 6.07) is 6.72. The highest BCUT2D eigenvalue weighted by Gasteiger charge is 2.35. The van der Waals surface area contributed by atoms with Crippen molar-refractivity contribution < 1.29 is 27.5 Å². The molecule has 0 atom stereocenters. The minimum Gasteiger partial charge on any atom is -0.496 e. The van der Waals surface area contributed by atoms with Crippen molar-refractivity contribution in [1.29, 1.82) is 0 Å². The van der Waals surface area contributed by atoms with Gasteiger partial charge in [0.1, 0.15) is 11.5 Å². The molecule has 1 heterocycles. The summed E-state index contributed by atoms with van der Waals surface area (Å²) in [5.74, 6) is -0.950. The molecule has 0 radical (unpaired) electrons. The van der Waals surface area contributed by atoms with Crippen molar-refractivity contribution in [3.05, 3.63) is 58.4 Å². The third-order valence-corrected chi connectivity index (χ3v) is 4.31. The van der Waals surface area contributed by atoms with Crippen molar-refractivity contribution in [2.45, 2.75) is 39.9 Å². The van der Waals surface area contributed by atoms with E-state index >= 15 is 0 Å². The zero-order chi connectivity index (χ0) is 21.8. The van der Waals surface area contributed by atoms with Crippen molar-refractivity contribution in [3.63, 3.8) is 0 Å². The van der Waals surface area contributed by atoms with Crippen LogP contribution in [-0.4, -0.2) is 23.8 Å². The number of benzene rings is 1. The summed E-state index contributed by atoms with van der Waals surface area (Å²) in [6.45, 7) is 5.13. The Balaban J connectivity index is 2.20. The molecule has 156 valence electrons. The Kier molecular flexibility index (Phi) is 7.00. The second kappa shape index (κ2) is 9.07. The van der Waals surface area contributed by atoms with Crippen molar-refractivity contribution in [2.24, 2.45) is 5.92 Å². The van der Waals surface area contributed by atoms with E-state index in [1.807, 2.05) is 0 Å². The number of alkyl halides is 3. The van der Waals surface area contributed by atoms with Crippen LogP contribution < -0.4 is 10.1 Å². The number of carbonyl (C=O) groups is 2. The number of nitrogens with zero attached hydrogens (tertiary/aromatic N) is 1. The molecule has 0 unspecified atom stereocenters. The maximum absolute atomic E-state index is 13.1. The largest absolute Gasteiger partial charge is 0.496 e. The van der Waals surface area contributed by atoms with E-state index in [-0.39, 0.29) is 41.5 Å². The Bertz CT molecular complexity index is 909. The summed E-state index contributed by atoms with van der Waals surface area (Å²) in [7, 11) is 1.15. The lowest BCUT2D eigenvalue weighted by molar-refractivity contribution is -0.138. The molecule has 1 amide bonds. The smallest absolute Gasteiger partial charge is 0.419 e. The maximum Gasteiger partial charge on any atom is 0.419 e. The highest BCUT2D eigenvalue weighted by atomic mass is 19.4. The van der Waals surface area contributed by atoms with Gasteiger partial charge in [-0.3, -0.25) is 14.6 Å². The minimum absolute atomic E-state index is 0.00293. The molecule has 2 rings (SSSR count). The van der Waals surface area contributed by atoms with Gasteiger partial charge >= 0.3 is 6.18 Å². The van der Waals surface area contributed by atoms with Crippen molar-refractivity contribution >= 4 is 11.7 Å². The summed E-state index contributed by atoms with van der Waals surface area (Å²) in [4.78, 5) is 28.8. The lowest BCUT2D eigenvalue weighted by Gasteiger charge is -2.16. The number of halogens is 3. The number of amides is 1. The van der Waals surface area contributed by atoms with Gasteiger partial charge in [0.2, 0.25) is 0 Å². The van der Waals surface area contributed by atoms with Crippen LogP contribution in [0.1, 0.15) is 46.7 Å². The predicted molar refractivity (Wildman–Crippen MR) is 102 cm³/mol. The molecule has 0 saturated heterocycles. The van der Waals surface area contributed by atoms with Crippen molar-refractivity contribution in [3.8, 4) is 5.75 Å². The Labute approximate surface area is 167 Å². The number of para-hydroxylation sites is 1. The molecule has 0 saturated carbocycles. The van der Waals surface area contributed by atoms with E-state index in [2.05, 4.69) is 10.3 Å². The second-order valence-electron chi connectivity index (χ2n) is 6.96. The molecule has 5 nitrogen and oxygen atoms in total. The summed E-state index contributed by atoms with van der Waals surface area (Å²) in [6.07, 6.45) is -4.45. The molecule has 0 bridgehead atoms. The van der Waals surface area contributed by atoms with Crippen LogP contribution in [0, 0.1) is 12.8 Å². The van der Waals surface area contributed by atoms with Gasteiger partial charge in [-0.05, 0) is 25.1 Å². The van der Waals surface area contributed by atoms with Gasteiger partial charge in [0.05, 0.1) is 12.7 Å². The lowest BCUT2D eigenvalue weighted by atomic mass is 10.0. The summed E-state index contributed by atoms with van der Waals surface area (Å²) in [5.41, 5.74) is 0.638. The first kappa shape index (κ1) is 22.4. The first-order valence-electron chi connectivity index (χ1n) is 9.04. The molecule has 0 aliphatic rings. The molecule has 29 heavy (non-hydrogen) atoms. The summed E-state index contributed by atoms with van der Waals surface area (Å²) >= 11 is 0. The van der Waals surface area contributed by atoms with Gasteiger partial charge in [0.25, 0.3) is 5.91 Å². The molecule has 1 N–H and O–H groups in total. The van der Waals surface area contributed by atoms with Gasteiger partial charge in [-0.15, -0.1) is 0 Å². The Morgan fingerprint density at radius 1 is 1.21 bits per heavy atom. The van der Waals surface area contributed by atoms with Crippen LogP contribution in [0.5, 0.6) is 5.75 Å². The van der Waals surface area contributed by atoms with Gasteiger partial charge in [-0.2, -0.15) is 13.2 Å². The summed E-state index contributed by atoms with van der Waals surface area (Å²) < 4.78 is 44.3. The number of hydrogen-bond acceptors (Lipinski definition) is 4. The number of rotatable bonds is 7. The number of Topliss-reactive ketones (excluding diaryl/α,β-unsaturated/α-hetero) is 1. The molecular weight excluding hydrogens is 385 g/mol. The van der Waals surface area contributed by atoms with Crippen LogP contribution in [-0.2, 0) is 23.9 Å². The number of carbonyl (C=O) groups excluding carboxylic acids is 2. The van der Waals surface area contributed by atoms with E-state index in [0.717, 1.165) is 13.2 Å². The Hall–Kier alpha value is -2.90. The predicted octanol–water partition coefficient (Wildman–Crippen LogP) is 4.12. The molecule has 8 heteroatoms. The van der Waals surface area contributed by atoms with Crippen molar-refractivity contribution in [2.75, 3.05) is 7.11 Å². The van der Waals surface area contributed by atoms with E-state index in [9.17, 15) is 22.8 Å². The molecule has 0 aliphatic carbocycles. The number of ether oxygens (including phenoxy) is 1. The van der Waals surface area contributed by atoms with Gasteiger partial charge in [0, 0.05) is 41.4 Å². The Morgan fingerprint density at radius 2 is 1.90 bits per heavy atom. The van der Waals surface area contributed by atoms with E-state index in [1.54, 1.807) is 26.8 Å². The number of aryl methyl sites for hydroxylation is 1. The molecule has 0 spiro atoms.